The van der Waals surface area contributed by atoms with E-state index in [1.165, 1.54) is 33.4 Å². The lowest BCUT2D eigenvalue weighted by atomic mass is 10.0. The molecule has 1 N–H and O–H groups in total. The van der Waals surface area contributed by atoms with Crippen LogP contribution >= 0.6 is 11.8 Å². The molecule has 0 saturated carbocycles. The van der Waals surface area contributed by atoms with E-state index in [1.54, 1.807) is 11.8 Å². The van der Waals surface area contributed by atoms with Crippen molar-refractivity contribution in [2.24, 2.45) is 0 Å². The van der Waals surface area contributed by atoms with Gasteiger partial charge in [0.1, 0.15) is 0 Å². The summed E-state index contributed by atoms with van der Waals surface area (Å²) in [6, 6.07) is 13.2. The second kappa shape index (κ2) is 9.67. The van der Waals surface area contributed by atoms with Gasteiger partial charge in [-0.25, -0.2) is 0 Å². The van der Waals surface area contributed by atoms with Crippen LogP contribution in [0, 0.1) is 13.8 Å². The maximum absolute atomic E-state index is 12.2. The summed E-state index contributed by atoms with van der Waals surface area (Å²) in [4.78, 5) is 12.2. The largest absolute Gasteiger partial charge is 0.351 e. The molecule has 2 aromatic carbocycles. The van der Waals surface area contributed by atoms with Crippen molar-refractivity contribution in [1.82, 2.24) is 5.32 Å². The van der Waals surface area contributed by atoms with Crippen molar-refractivity contribution in [2.75, 3.05) is 5.75 Å². The van der Waals surface area contributed by atoms with Crippen LogP contribution in [-0.2, 0) is 29.9 Å². The van der Waals surface area contributed by atoms with E-state index in [4.69, 9.17) is 0 Å². The summed E-state index contributed by atoms with van der Waals surface area (Å²) in [6.07, 6.45) is 2.02. The Kier molecular flexibility index (Phi) is 7.57. The molecule has 0 saturated heterocycles. The van der Waals surface area contributed by atoms with Gasteiger partial charge in [-0.15, -0.1) is 11.8 Å². The summed E-state index contributed by atoms with van der Waals surface area (Å²) in [5, 5.41) is 3.07. The fraction of sp³-hybridized carbons (Fsp3) is 0.409. The highest BCUT2D eigenvalue weighted by molar-refractivity contribution is 7.99. The molecule has 3 heteroatoms. The third-order valence-electron chi connectivity index (χ3n) is 4.32. The molecule has 0 aliphatic rings. The van der Waals surface area contributed by atoms with Crippen LogP contribution in [-0.4, -0.2) is 11.7 Å². The molecule has 0 heterocycles. The van der Waals surface area contributed by atoms with Gasteiger partial charge in [0, 0.05) is 12.3 Å². The lowest BCUT2D eigenvalue weighted by Gasteiger charge is -2.11. The monoisotopic (exact) mass is 355 g/mol. The number of carbonyl (C=O) groups is 1. The Labute approximate surface area is 156 Å². The van der Waals surface area contributed by atoms with E-state index in [-0.39, 0.29) is 5.91 Å². The first-order valence-electron chi connectivity index (χ1n) is 9.04. The Morgan fingerprint density at radius 1 is 0.920 bits per heavy atom. The first-order chi connectivity index (χ1) is 12.0. The molecule has 0 atom stereocenters. The number of benzene rings is 2. The van der Waals surface area contributed by atoms with Gasteiger partial charge < -0.3 is 5.32 Å². The quantitative estimate of drug-likeness (QED) is 0.724. The standard InChI is InChI=1S/C22H29NOS/c1-5-18-7-8-20(6-2)21(12-18)13-23-22(24)15-25-14-19-10-16(3)9-17(4)11-19/h7-12H,5-6,13-15H2,1-4H3,(H,23,24). The molecule has 0 bridgehead atoms. The number of hydrogen-bond acceptors (Lipinski definition) is 2. The lowest BCUT2D eigenvalue weighted by molar-refractivity contribution is -0.118. The summed E-state index contributed by atoms with van der Waals surface area (Å²) >= 11 is 1.67. The predicted molar refractivity (Wildman–Crippen MR) is 109 cm³/mol. The van der Waals surface area contributed by atoms with Crippen LogP contribution < -0.4 is 5.32 Å². The van der Waals surface area contributed by atoms with Crippen LogP contribution in [0.15, 0.2) is 36.4 Å². The third-order valence-corrected chi connectivity index (χ3v) is 5.32. The summed E-state index contributed by atoms with van der Waals surface area (Å²) in [6.45, 7) is 9.17. The first-order valence-corrected chi connectivity index (χ1v) is 10.2. The average Bonchev–Trinajstić information content (AvgIpc) is 2.58. The number of aryl methyl sites for hydroxylation is 4. The van der Waals surface area contributed by atoms with Crippen molar-refractivity contribution in [3.05, 3.63) is 69.8 Å². The molecule has 2 nitrogen and oxygen atoms in total. The van der Waals surface area contributed by atoms with Crippen molar-refractivity contribution in [2.45, 2.75) is 52.8 Å². The molecule has 1 amide bonds. The topological polar surface area (TPSA) is 29.1 Å². The minimum atomic E-state index is 0.110. The van der Waals surface area contributed by atoms with Gasteiger partial charge in [0.05, 0.1) is 5.75 Å². The molecular formula is C22H29NOS. The van der Waals surface area contributed by atoms with E-state index < -0.39 is 0 Å². The number of carbonyl (C=O) groups excluding carboxylic acids is 1. The average molecular weight is 356 g/mol. The maximum atomic E-state index is 12.2. The van der Waals surface area contributed by atoms with Crippen LogP contribution in [0.5, 0.6) is 0 Å². The van der Waals surface area contributed by atoms with Crippen LogP contribution in [0.1, 0.15) is 47.2 Å². The van der Waals surface area contributed by atoms with Crippen LogP contribution in [0.4, 0.5) is 0 Å². The number of nitrogens with one attached hydrogen (secondary N) is 1. The van der Waals surface area contributed by atoms with Gasteiger partial charge in [-0.1, -0.05) is 61.4 Å². The van der Waals surface area contributed by atoms with Crippen molar-refractivity contribution in [1.29, 1.82) is 0 Å². The van der Waals surface area contributed by atoms with Gasteiger partial charge in [0.25, 0.3) is 0 Å². The Morgan fingerprint density at radius 3 is 2.28 bits per heavy atom. The molecule has 0 spiro atoms. The molecule has 2 aromatic rings. The van der Waals surface area contributed by atoms with Crippen molar-refractivity contribution in [3.8, 4) is 0 Å². The van der Waals surface area contributed by atoms with Gasteiger partial charge in [-0.2, -0.15) is 0 Å². The molecule has 134 valence electrons. The van der Waals surface area contributed by atoms with Gasteiger partial charge in [0.2, 0.25) is 5.91 Å². The van der Waals surface area contributed by atoms with Crippen molar-refractivity contribution in [3.63, 3.8) is 0 Å². The molecular weight excluding hydrogens is 326 g/mol. The molecule has 0 unspecified atom stereocenters. The summed E-state index contributed by atoms with van der Waals surface area (Å²) in [5.41, 5.74) is 7.74. The predicted octanol–water partition coefficient (Wildman–Crippen LogP) is 4.98. The van der Waals surface area contributed by atoms with Gasteiger partial charge in [-0.05, 0) is 48.9 Å². The Bertz CT molecular complexity index is 704. The Morgan fingerprint density at radius 2 is 1.64 bits per heavy atom. The summed E-state index contributed by atoms with van der Waals surface area (Å²) in [5.74, 6) is 1.49. The van der Waals surface area contributed by atoms with E-state index in [1.807, 2.05) is 0 Å². The molecule has 2 rings (SSSR count). The fourth-order valence-corrected chi connectivity index (χ4v) is 3.86. The van der Waals surface area contributed by atoms with E-state index >= 15 is 0 Å². The lowest BCUT2D eigenvalue weighted by Crippen LogP contribution is -2.25. The number of rotatable bonds is 8. The molecule has 0 aliphatic heterocycles. The zero-order chi connectivity index (χ0) is 18.2. The van der Waals surface area contributed by atoms with Gasteiger partial charge in [0.15, 0.2) is 0 Å². The number of hydrogen-bond donors (Lipinski definition) is 1. The maximum Gasteiger partial charge on any atom is 0.230 e. The Hall–Kier alpha value is -1.74. The molecule has 25 heavy (non-hydrogen) atoms. The second-order valence-electron chi connectivity index (χ2n) is 6.58. The minimum Gasteiger partial charge on any atom is -0.351 e. The fourth-order valence-electron chi connectivity index (χ4n) is 3.07. The normalized spacial score (nSPS) is 10.7. The third kappa shape index (κ3) is 6.24. The zero-order valence-electron chi connectivity index (χ0n) is 15.8. The SMILES string of the molecule is CCc1ccc(CC)c(CNC(=O)CSCc2cc(C)cc(C)c2)c1. The zero-order valence-corrected chi connectivity index (χ0v) is 16.6. The highest BCUT2D eigenvalue weighted by Crippen LogP contribution is 2.16. The van der Waals surface area contributed by atoms with Crippen molar-refractivity contribution < 1.29 is 4.79 Å². The van der Waals surface area contributed by atoms with Crippen LogP contribution in [0.25, 0.3) is 0 Å². The minimum absolute atomic E-state index is 0.110. The van der Waals surface area contributed by atoms with Gasteiger partial charge >= 0.3 is 0 Å². The molecule has 0 aliphatic carbocycles. The smallest absolute Gasteiger partial charge is 0.230 e. The summed E-state index contributed by atoms with van der Waals surface area (Å²) in [7, 11) is 0. The van der Waals surface area contributed by atoms with E-state index in [0.29, 0.717) is 12.3 Å². The number of thioether (sulfide) groups is 1. The first kappa shape index (κ1) is 19.6. The van der Waals surface area contributed by atoms with Crippen molar-refractivity contribution >= 4 is 17.7 Å². The molecule has 0 aromatic heterocycles. The van der Waals surface area contributed by atoms with E-state index in [9.17, 15) is 4.79 Å². The van der Waals surface area contributed by atoms with Gasteiger partial charge in [-0.3, -0.25) is 4.79 Å². The van der Waals surface area contributed by atoms with Crippen LogP contribution in [0.3, 0.4) is 0 Å². The highest BCUT2D eigenvalue weighted by atomic mass is 32.2. The summed E-state index contributed by atoms with van der Waals surface area (Å²) < 4.78 is 0. The molecule has 0 fully saturated rings. The second-order valence-corrected chi connectivity index (χ2v) is 7.56. The van der Waals surface area contributed by atoms with E-state index in [2.05, 4.69) is 69.4 Å². The highest BCUT2D eigenvalue weighted by Gasteiger charge is 2.06. The van der Waals surface area contributed by atoms with Crippen LogP contribution in [0.2, 0.25) is 0 Å². The number of amides is 1. The molecule has 0 radical (unpaired) electrons. The van der Waals surface area contributed by atoms with E-state index in [0.717, 1.165) is 18.6 Å². The Balaban J connectivity index is 1.82.